The Labute approximate surface area is 158 Å². The number of hydrogen-bond acceptors (Lipinski definition) is 5. The Hall–Kier alpha value is -2.32. The van der Waals surface area contributed by atoms with Crippen LogP contribution in [0.15, 0.2) is 47.8 Å². The highest BCUT2D eigenvalue weighted by atomic mass is 32.2. The predicted octanol–water partition coefficient (Wildman–Crippen LogP) is 1.88. The van der Waals surface area contributed by atoms with Crippen molar-refractivity contribution in [1.29, 1.82) is 0 Å². The molecule has 0 unspecified atom stereocenters. The lowest BCUT2D eigenvalue weighted by atomic mass is 10.0. The van der Waals surface area contributed by atoms with Gasteiger partial charge in [0.25, 0.3) is 0 Å². The molecule has 4 rings (SSSR count). The van der Waals surface area contributed by atoms with Gasteiger partial charge in [-0.15, -0.1) is 23.1 Å². The number of thiophene rings is 1. The molecule has 1 aromatic carbocycles. The van der Waals surface area contributed by atoms with Crippen LogP contribution in [0.1, 0.15) is 15.7 Å². The van der Waals surface area contributed by atoms with Crippen LogP contribution >= 0.6 is 23.1 Å². The third-order valence-corrected chi connectivity index (χ3v) is 7.24. The Kier molecular flexibility index (Phi) is 4.46. The number of rotatable bonds is 5. The van der Waals surface area contributed by atoms with Crippen molar-refractivity contribution in [3.8, 4) is 0 Å². The van der Waals surface area contributed by atoms with E-state index >= 15 is 0 Å². The van der Waals surface area contributed by atoms with Crippen LogP contribution in [0.5, 0.6) is 0 Å². The average molecular weight is 388 g/mol. The van der Waals surface area contributed by atoms with Crippen LogP contribution in [0.4, 0.5) is 0 Å². The molecule has 0 saturated carbocycles. The summed E-state index contributed by atoms with van der Waals surface area (Å²) in [5.74, 6) is -1.57. The molecular formula is C18H16N2O4S2. The number of nitrogens with zero attached hydrogens (tertiary/aromatic N) is 1. The van der Waals surface area contributed by atoms with Crippen LogP contribution in [0.2, 0.25) is 0 Å². The molecule has 26 heavy (non-hydrogen) atoms. The van der Waals surface area contributed by atoms with Crippen LogP contribution in [-0.4, -0.2) is 45.2 Å². The first-order chi connectivity index (χ1) is 12.6. The summed E-state index contributed by atoms with van der Waals surface area (Å²) in [4.78, 5) is 38.8. The number of β-lactam (4-membered cyclic amide) rings is 1. The van der Waals surface area contributed by atoms with Crippen LogP contribution in [0, 0.1) is 0 Å². The van der Waals surface area contributed by atoms with Gasteiger partial charge in [-0.05, 0) is 17.0 Å². The minimum atomic E-state index is -1.01. The van der Waals surface area contributed by atoms with Crippen LogP contribution < -0.4 is 5.32 Å². The zero-order chi connectivity index (χ0) is 18.3. The van der Waals surface area contributed by atoms with Crippen molar-refractivity contribution in [2.75, 3.05) is 0 Å². The standard InChI is InChI=1S/C18H16N2O4S2/c21-12(9-10-5-2-1-3-6-10)19-13-16(22)20-14(18(23)24)15(26-17(13)20)11-7-4-8-25-11/h1-8,13-15,17H,9H2,(H,19,21)(H,23,24)/t13-,14-,15+,17-/m1/s1. The van der Waals surface area contributed by atoms with E-state index in [2.05, 4.69) is 5.32 Å². The number of aliphatic carboxylic acids is 1. The molecule has 2 amide bonds. The maximum Gasteiger partial charge on any atom is 0.328 e. The lowest BCUT2D eigenvalue weighted by Crippen LogP contribution is -2.70. The molecule has 1 aromatic heterocycles. The van der Waals surface area contributed by atoms with Crippen molar-refractivity contribution in [2.24, 2.45) is 0 Å². The number of carbonyl (C=O) groups is 3. The second-order valence-electron chi connectivity index (χ2n) is 6.20. The summed E-state index contributed by atoms with van der Waals surface area (Å²) in [5, 5.41) is 13.6. The molecule has 0 bridgehead atoms. The fourth-order valence-electron chi connectivity index (χ4n) is 3.36. The third kappa shape index (κ3) is 2.89. The van der Waals surface area contributed by atoms with Gasteiger partial charge in [0.1, 0.15) is 17.5 Å². The topological polar surface area (TPSA) is 86.7 Å². The summed E-state index contributed by atoms with van der Waals surface area (Å²) in [7, 11) is 0. The number of carboxylic acid groups (broad SMARTS) is 1. The molecule has 2 aromatic rings. The predicted molar refractivity (Wildman–Crippen MR) is 98.8 cm³/mol. The first-order valence-electron chi connectivity index (χ1n) is 8.13. The number of carbonyl (C=O) groups excluding carboxylic acids is 2. The molecule has 4 atom stereocenters. The number of carboxylic acids is 1. The maximum atomic E-state index is 12.5. The quantitative estimate of drug-likeness (QED) is 0.764. The Bertz CT molecular complexity index is 840. The zero-order valence-electron chi connectivity index (χ0n) is 13.6. The van der Waals surface area contributed by atoms with Crippen LogP contribution in [0.3, 0.4) is 0 Å². The van der Waals surface area contributed by atoms with Gasteiger partial charge in [0.05, 0.1) is 11.7 Å². The van der Waals surface area contributed by atoms with Gasteiger partial charge in [-0.1, -0.05) is 36.4 Å². The van der Waals surface area contributed by atoms with E-state index in [4.69, 9.17) is 0 Å². The molecule has 3 heterocycles. The fraction of sp³-hybridized carbons (Fsp3) is 0.278. The van der Waals surface area contributed by atoms with E-state index < -0.39 is 18.1 Å². The zero-order valence-corrected chi connectivity index (χ0v) is 15.2. The smallest absolute Gasteiger partial charge is 0.328 e. The minimum absolute atomic E-state index is 0.193. The number of hydrogen-bond donors (Lipinski definition) is 2. The summed E-state index contributed by atoms with van der Waals surface area (Å²) >= 11 is 2.92. The summed E-state index contributed by atoms with van der Waals surface area (Å²) in [6.07, 6.45) is 0.193. The molecule has 2 saturated heterocycles. The monoisotopic (exact) mass is 388 g/mol. The summed E-state index contributed by atoms with van der Waals surface area (Å²) in [5.41, 5.74) is 0.868. The Balaban J connectivity index is 1.47. The second kappa shape index (κ2) is 6.77. The van der Waals surface area contributed by atoms with Crippen molar-refractivity contribution in [2.45, 2.75) is 29.1 Å². The fourth-order valence-corrected chi connectivity index (χ4v) is 6.04. The van der Waals surface area contributed by atoms with E-state index in [1.54, 1.807) is 0 Å². The van der Waals surface area contributed by atoms with Crippen molar-refractivity contribution < 1.29 is 19.5 Å². The molecule has 2 N–H and O–H groups in total. The van der Waals surface area contributed by atoms with E-state index in [1.807, 2.05) is 47.8 Å². The van der Waals surface area contributed by atoms with Gasteiger partial charge in [-0.25, -0.2) is 4.79 Å². The van der Waals surface area contributed by atoms with Gasteiger partial charge in [-0.3, -0.25) is 9.59 Å². The van der Waals surface area contributed by atoms with Gasteiger partial charge in [0, 0.05) is 4.88 Å². The van der Waals surface area contributed by atoms with Crippen molar-refractivity contribution >= 4 is 40.9 Å². The Morgan fingerprint density at radius 3 is 2.58 bits per heavy atom. The van der Waals surface area contributed by atoms with Crippen molar-refractivity contribution in [3.63, 3.8) is 0 Å². The lowest BCUT2D eigenvalue weighted by molar-refractivity contribution is -0.160. The van der Waals surface area contributed by atoms with E-state index in [0.717, 1.165) is 10.4 Å². The molecule has 8 heteroatoms. The van der Waals surface area contributed by atoms with Crippen molar-refractivity contribution in [1.82, 2.24) is 10.2 Å². The first kappa shape index (κ1) is 17.1. The van der Waals surface area contributed by atoms with E-state index in [9.17, 15) is 19.5 Å². The molecule has 134 valence electrons. The molecule has 2 fully saturated rings. The lowest BCUT2D eigenvalue weighted by Gasteiger charge is -2.43. The van der Waals surface area contributed by atoms with Gasteiger partial charge in [-0.2, -0.15) is 0 Å². The average Bonchev–Trinajstić information content (AvgIpc) is 3.26. The maximum absolute atomic E-state index is 12.5. The molecule has 0 spiro atoms. The number of amides is 2. The van der Waals surface area contributed by atoms with Gasteiger partial charge in [0.15, 0.2) is 0 Å². The van der Waals surface area contributed by atoms with Gasteiger partial charge in [0.2, 0.25) is 11.8 Å². The number of nitrogens with one attached hydrogen (secondary N) is 1. The van der Waals surface area contributed by atoms with E-state index in [-0.39, 0.29) is 28.9 Å². The molecular weight excluding hydrogens is 372 g/mol. The Morgan fingerprint density at radius 2 is 1.92 bits per heavy atom. The van der Waals surface area contributed by atoms with Gasteiger partial charge >= 0.3 is 5.97 Å². The highest BCUT2D eigenvalue weighted by molar-refractivity contribution is 8.00. The van der Waals surface area contributed by atoms with Gasteiger partial charge < -0.3 is 15.3 Å². The number of thioether (sulfide) groups is 1. The Morgan fingerprint density at radius 1 is 1.15 bits per heavy atom. The molecule has 0 radical (unpaired) electrons. The van der Waals surface area contributed by atoms with Crippen molar-refractivity contribution in [3.05, 3.63) is 58.3 Å². The number of benzene rings is 1. The minimum Gasteiger partial charge on any atom is -0.480 e. The third-order valence-electron chi connectivity index (χ3n) is 4.55. The van der Waals surface area contributed by atoms with Crippen LogP contribution in [-0.2, 0) is 20.8 Å². The highest BCUT2D eigenvalue weighted by Crippen LogP contribution is 2.53. The van der Waals surface area contributed by atoms with Crippen LogP contribution in [0.25, 0.3) is 0 Å². The normalized spacial score (nSPS) is 26.9. The summed E-state index contributed by atoms with van der Waals surface area (Å²) in [6, 6.07) is 11.5. The number of fused-ring (bicyclic) bond motifs is 1. The highest BCUT2D eigenvalue weighted by Gasteiger charge is 2.61. The molecule has 0 aliphatic carbocycles. The SMILES string of the molecule is O=C(Cc1ccccc1)N[C@@H]1C(=O)N2[C@@H]1S[C@@H](c1cccs1)[C@@H]2C(=O)O. The van der Waals surface area contributed by atoms with E-state index in [1.165, 1.54) is 28.0 Å². The molecule has 6 nitrogen and oxygen atoms in total. The largest absolute Gasteiger partial charge is 0.480 e. The second-order valence-corrected chi connectivity index (χ2v) is 8.44. The summed E-state index contributed by atoms with van der Waals surface area (Å²) in [6.45, 7) is 0. The van der Waals surface area contributed by atoms with E-state index in [0.29, 0.717) is 0 Å². The molecule has 2 aliphatic heterocycles. The summed E-state index contributed by atoms with van der Waals surface area (Å²) < 4.78 is 0. The molecule has 2 aliphatic rings. The first-order valence-corrected chi connectivity index (χ1v) is 9.95.